The number of anilines is 6. The summed E-state index contributed by atoms with van der Waals surface area (Å²) in [6, 6.07) is 21.5. The molecule has 25 heteroatoms. The first-order chi connectivity index (χ1) is 40.0. The van der Waals surface area contributed by atoms with E-state index in [0.717, 1.165) is 67.4 Å². The number of rotatable bonds is 16. The highest BCUT2D eigenvalue weighted by molar-refractivity contribution is 9.09. The van der Waals surface area contributed by atoms with Gasteiger partial charge in [-0.05, 0) is 131 Å². The number of likely N-dealkylation sites (N-methyl/N-ethyl adjacent to an activating group) is 1. The van der Waals surface area contributed by atoms with E-state index in [1.807, 2.05) is 67.5 Å². The molecular weight excluding hydrogens is 1190 g/mol. The molecule has 9 N–H and O–H groups in total. The Balaban J connectivity index is 0.000000198. The lowest BCUT2D eigenvalue weighted by Gasteiger charge is -2.30. The number of aromatic nitrogens is 6. The monoisotopic (exact) mass is 1250 g/mol. The van der Waals surface area contributed by atoms with Gasteiger partial charge >= 0.3 is 0 Å². The third-order valence-corrected chi connectivity index (χ3v) is 14.8. The SMILES string of the molecule is CN(C)C/C=C/C(=O)Nc1ccc(C(=O)N[C@H]2CCC[C@@H](Nc3ncc(Cl)c(C4C(=O)Nc5ccccc54)n3)C2)nc1.Nc1ccc(C(=O)N[C@H]2CCC[C@@H](Nc3ncc(Cl)c(C4C(=O)Nc5ccccc54)n3)C2)nc1.O=C(Cl)/C=C/CBr. The van der Waals surface area contributed by atoms with Crippen LogP contribution in [0.2, 0.25) is 10.0 Å². The number of nitrogen functional groups attached to an aromatic ring is 1. The number of hydrogen-bond acceptors (Lipinski definition) is 16. The van der Waals surface area contributed by atoms with Gasteiger partial charge in [0.05, 0.1) is 57.6 Å². The first kappa shape index (κ1) is 61.2. The van der Waals surface area contributed by atoms with Gasteiger partial charge < -0.3 is 47.9 Å². The van der Waals surface area contributed by atoms with E-state index in [0.29, 0.717) is 68.7 Å². The number of fused-ring (bicyclic) bond motifs is 2. The largest absolute Gasteiger partial charge is 0.397 e. The molecule has 21 nitrogen and oxygen atoms in total. The summed E-state index contributed by atoms with van der Waals surface area (Å²) >= 11 is 20.8. The van der Waals surface area contributed by atoms with Gasteiger partial charge in [-0.2, -0.15) is 0 Å². The van der Waals surface area contributed by atoms with E-state index in [4.69, 9.17) is 40.5 Å². The van der Waals surface area contributed by atoms with Gasteiger partial charge in [0.2, 0.25) is 34.9 Å². The van der Waals surface area contributed by atoms with Gasteiger partial charge in [0.1, 0.15) is 23.2 Å². The number of halogens is 4. The highest BCUT2D eigenvalue weighted by atomic mass is 79.9. The molecule has 83 heavy (non-hydrogen) atoms. The molecule has 0 spiro atoms. The van der Waals surface area contributed by atoms with E-state index < -0.39 is 17.1 Å². The number of allylic oxidation sites excluding steroid dienone is 2. The Labute approximate surface area is 503 Å². The summed E-state index contributed by atoms with van der Waals surface area (Å²) in [5, 5.41) is 22.3. The number of para-hydroxylation sites is 2. The zero-order valence-corrected chi connectivity index (χ0v) is 49.1. The van der Waals surface area contributed by atoms with Crippen molar-refractivity contribution < 1.29 is 28.8 Å². The minimum absolute atomic E-state index is 0.00244. The first-order valence-electron chi connectivity index (χ1n) is 26.7. The maximum Gasteiger partial charge on any atom is 0.270 e. The lowest BCUT2D eigenvalue weighted by molar-refractivity contribution is -0.117. The molecule has 2 saturated carbocycles. The van der Waals surface area contributed by atoms with Crippen molar-refractivity contribution in [1.29, 1.82) is 0 Å². The number of alkyl halides is 1. The average molecular weight is 1250 g/mol. The molecule has 10 rings (SSSR count). The summed E-state index contributed by atoms with van der Waals surface area (Å²) in [5.41, 5.74) is 11.4. The average Bonchev–Trinajstić information content (AvgIpc) is 3.70. The number of pyridine rings is 2. The molecule has 0 saturated heterocycles. The molecule has 0 bridgehead atoms. The molecule has 2 aromatic carbocycles. The normalized spacial score (nSPS) is 19.7. The van der Waals surface area contributed by atoms with E-state index in [1.165, 1.54) is 36.9 Å². The van der Waals surface area contributed by atoms with Gasteiger partial charge in [0.25, 0.3) is 11.8 Å². The highest BCUT2D eigenvalue weighted by Crippen LogP contribution is 2.40. The summed E-state index contributed by atoms with van der Waals surface area (Å²) in [6.45, 7) is 0.657. The van der Waals surface area contributed by atoms with Crippen molar-refractivity contribution in [3.8, 4) is 0 Å². The van der Waals surface area contributed by atoms with Gasteiger partial charge in [-0.1, -0.05) is 87.7 Å². The predicted molar refractivity (Wildman–Crippen MR) is 325 cm³/mol. The smallest absolute Gasteiger partial charge is 0.270 e. The fraction of sp³-hybridized carbons (Fsp3) is 0.310. The number of nitrogens with zero attached hydrogens (tertiary/aromatic N) is 7. The predicted octanol–water partition coefficient (Wildman–Crippen LogP) is 8.87. The number of amides is 5. The van der Waals surface area contributed by atoms with Crippen LogP contribution in [-0.4, -0.2) is 120 Å². The van der Waals surface area contributed by atoms with Crippen LogP contribution < -0.4 is 43.0 Å². The Morgan fingerprint density at radius 3 is 1.59 bits per heavy atom. The van der Waals surface area contributed by atoms with Crippen LogP contribution in [0.1, 0.15) is 107 Å². The summed E-state index contributed by atoms with van der Waals surface area (Å²) in [4.78, 5) is 101. The van der Waals surface area contributed by atoms with Crippen LogP contribution in [0.4, 0.5) is 34.6 Å². The van der Waals surface area contributed by atoms with Crippen LogP contribution in [0, 0.1) is 0 Å². The second-order valence-electron chi connectivity index (χ2n) is 20.2. The minimum atomic E-state index is -0.609. The van der Waals surface area contributed by atoms with Crippen molar-refractivity contribution in [2.45, 2.75) is 87.4 Å². The molecule has 2 aliphatic carbocycles. The van der Waals surface area contributed by atoms with Crippen molar-refractivity contribution in [1.82, 2.24) is 45.4 Å². The standard InChI is InChI=1S/C30H33ClN8O3.C24H24ClN7O2.C4H4BrClO/c1-39(2)14-6-11-25(40)34-20-12-13-24(32-16-20)28(41)35-18-7-5-8-19(15-18)36-30-33-17-22(31)27(38-30)26-21-9-3-4-10-23(21)37-29(26)42;25-17-12-28-24(32-21(17)20-16-6-1-2-7-18(16)31-23(20)34)30-15-5-3-4-14(10-15)29-22(33)19-9-8-13(26)11-27-19;5-3-1-2-4(6)7/h3-4,6,9-13,16-19,26H,5,7-8,14-15H2,1-2H3,(H,34,40)(H,35,41)(H,37,42)(H,33,36,38);1-2,6-9,11-12,14-15,20H,3-5,10,26H2,(H,29,33)(H,31,34)(H,28,30,32);1-2H,3H2/b11-6+;;2-1+/t18-,19+,26?;14-,15+,20?;/m00./s1. The number of hydrogen-bond donors (Lipinski definition) is 8. The summed E-state index contributed by atoms with van der Waals surface area (Å²) in [5.74, 6) is -1.49. The Bertz CT molecular complexity index is 3370. The summed E-state index contributed by atoms with van der Waals surface area (Å²) < 4.78 is 0. The fourth-order valence-electron chi connectivity index (χ4n) is 9.89. The quantitative estimate of drug-likeness (QED) is 0.0255. The molecule has 2 fully saturated rings. The molecule has 6 heterocycles. The molecule has 4 aliphatic rings. The Morgan fingerprint density at radius 2 is 1.14 bits per heavy atom. The maximum absolute atomic E-state index is 12.9. The first-order valence-corrected chi connectivity index (χ1v) is 29.0. The zero-order chi connectivity index (χ0) is 59.0. The van der Waals surface area contributed by atoms with Gasteiger partial charge in [0.15, 0.2) is 0 Å². The van der Waals surface area contributed by atoms with Crippen molar-refractivity contribution in [3.05, 3.63) is 166 Å². The Hall–Kier alpha value is -7.89. The summed E-state index contributed by atoms with van der Waals surface area (Å²) in [7, 11) is 3.84. The zero-order valence-electron chi connectivity index (χ0n) is 45.3. The molecule has 2 unspecified atom stereocenters. The summed E-state index contributed by atoms with van der Waals surface area (Å²) in [6.07, 6.45) is 18.9. The third kappa shape index (κ3) is 17.1. The van der Waals surface area contributed by atoms with E-state index in [2.05, 4.69) is 83.1 Å². The van der Waals surface area contributed by atoms with Crippen LogP contribution in [0.15, 0.2) is 122 Å². The molecule has 0 radical (unpaired) electrons. The number of nitrogens with two attached hydrogens (primary N) is 1. The number of carbonyl (C=O) groups excluding carboxylic acids is 6. The van der Waals surface area contributed by atoms with Crippen LogP contribution >= 0.6 is 50.7 Å². The molecule has 6 atom stereocenters. The van der Waals surface area contributed by atoms with Crippen LogP contribution in [-0.2, 0) is 19.2 Å². The number of benzene rings is 2. The van der Waals surface area contributed by atoms with E-state index in [-0.39, 0.29) is 59.4 Å². The van der Waals surface area contributed by atoms with Gasteiger partial charge in [-0.25, -0.2) is 29.9 Å². The fourth-order valence-corrected chi connectivity index (χ4v) is 10.6. The van der Waals surface area contributed by atoms with Crippen molar-refractivity contribution in [2.24, 2.45) is 0 Å². The Kier molecular flexibility index (Phi) is 21.7. The number of carbonyl (C=O) groups is 6. The molecule has 2 aliphatic heterocycles. The Morgan fingerprint density at radius 1 is 0.651 bits per heavy atom. The van der Waals surface area contributed by atoms with Crippen LogP contribution in [0.25, 0.3) is 0 Å². The number of nitrogens with one attached hydrogen (secondary N) is 7. The van der Waals surface area contributed by atoms with E-state index in [9.17, 15) is 28.8 Å². The van der Waals surface area contributed by atoms with Gasteiger partial charge in [-0.3, -0.25) is 28.8 Å². The minimum Gasteiger partial charge on any atom is -0.397 e. The van der Waals surface area contributed by atoms with Crippen LogP contribution in [0.5, 0.6) is 0 Å². The van der Waals surface area contributed by atoms with Gasteiger partial charge in [0, 0.05) is 53.5 Å². The van der Waals surface area contributed by atoms with E-state index in [1.54, 1.807) is 36.4 Å². The molecule has 6 aromatic rings. The highest BCUT2D eigenvalue weighted by Gasteiger charge is 2.37. The molecule has 4 aromatic heterocycles. The van der Waals surface area contributed by atoms with Crippen molar-refractivity contribution >= 4 is 120 Å². The molecule has 432 valence electrons. The lowest BCUT2D eigenvalue weighted by Crippen LogP contribution is -2.42. The van der Waals surface area contributed by atoms with Crippen molar-refractivity contribution in [2.75, 3.05) is 58.3 Å². The van der Waals surface area contributed by atoms with E-state index >= 15 is 0 Å². The maximum atomic E-state index is 12.9. The molecule has 5 amide bonds. The lowest BCUT2D eigenvalue weighted by atomic mass is 9.91. The van der Waals surface area contributed by atoms with Gasteiger partial charge in [-0.15, -0.1) is 0 Å². The van der Waals surface area contributed by atoms with Crippen LogP contribution in [0.3, 0.4) is 0 Å². The molecular formula is C58H61BrCl3N15O6. The second-order valence-corrected chi connectivity index (χ2v) is 22.0. The second kappa shape index (κ2) is 29.4. The van der Waals surface area contributed by atoms with Crippen molar-refractivity contribution in [3.63, 3.8) is 0 Å². The topological polar surface area (TPSA) is 293 Å². The third-order valence-electron chi connectivity index (χ3n) is 13.7.